The average Bonchev–Trinajstić information content (AvgIpc) is 2.57. The van der Waals surface area contributed by atoms with Crippen LogP contribution >= 0.6 is 0 Å². The van der Waals surface area contributed by atoms with Gasteiger partial charge in [0.05, 0.1) is 0 Å². The van der Waals surface area contributed by atoms with E-state index in [4.69, 9.17) is 0 Å². The van der Waals surface area contributed by atoms with E-state index in [-0.39, 0.29) is 17.7 Å². The Hall–Kier alpha value is -2.29. The van der Waals surface area contributed by atoms with Gasteiger partial charge < -0.3 is 10.4 Å². The van der Waals surface area contributed by atoms with E-state index in [1.165, 1.54) is 0 Å². The van der Waals surface area contributed by atoms with E-state index in [9.17, 15) is 9.90 Å². The Labute approximate surface area is 152 Å². The van der Waals surface area contributed by atoms with E-state index >= 15 is 0 Å². The predicted molar refractivity (Wildman–Crippen MR) is 107 cm³/mol. The van der Waals surface area contributed by atoms with Crippen molar-refractivity contribution in [3.8, 4) is 5.75 Å². The second-order valence-corrected chi connectivity index (χ2v) is 6.37. The summed E-state index contributed by atoms with van der Waals surface area (Å²) >= 11 is 0. The minimum absolute atomic E-state index is 0.104. The van der Waals surface area contributed by atoms with Gasteiger partial charge in [-0.05, 0) is 74.8 Å². The lowest BCUT2D eigenvalue weighted by Crippen LogP contribution is -2.33. The number of aromatic hydroxyl groups is 1. The van der Waals surface area contributed by atoms with Crippen molar-refractivity contribution >= 4 is 12.0 Å². The van der Waals surface area contributed by atoms with Gasteiger partial charge in [0.2, 0.25) is 5.91 Å². The molecule has 0 aromatic heterocycles. The van der Waals surface area contributed by atoms with E-state index in [1.807, 2.05) is 26.0 Å². The van der Waals surface area contributed by atoms with Gasteiger partial charge in [0.15, 0.2) is 0 Å². The van der Waals surface area contributed by atoms with Crippen LogP contribution < -0.4 is 5.32 Å². The van der Waals surface area contributed by atoms with Crippen molar-refractivity contribution in [3.63, 3.8) is 0 Å². The minimum Gasteiger partial charge on any atom is -0.508 e. The molecule has 2 N–H and O–H groups in total. The lowest BCUT2D eigenvalue weighted by molar-refractivity contribution is -0.117. The Balaban J connectivity index is 2.70. The summed E-state index contributed by atoms with van der Waals surface area (Å²) in [7, 11) is 0. The number of aryl methyl sites for hydroxylation is 2. The molecule has 0 heterocycles. The number of carbonyl (C=O) groups is 1. The standard InChI is InChI=1S/C22H31NO2/c1-5-7-9-11-20(12-10-8-6-2)23-22(25)14-13-19-16-21(24)18(4)15-17(19)3/h5,8,10,13-16,20,24H,1,6-7,9,11-12H2,2-4H3,(H,23,25)/b10-8-,14-13+. The Morgan fingerprint density at radius 1 is 1.28 bits per heavy atom. The molecule has 1 amide bonds. The first-order valence-electron chi connectivity index (χ1n) is 9.02. The third-order valence-corrected chi connectivity index (χ3v) is 4.13. The van der Waals surface area contributed by atoms with Gasteiger partial charge in [-0.2, -0.15) is 0 Å². The van der Waals surface area contributed by atoms with Crippen LogP contribution in [-0.4, -0.2) is 17.1 Å². The van der Waals surface area contributed by atoms with Gasteiger partial charge in [-0.15, -0.1) is 6.58 Å². The molecule has 136 valence electrons. The molecule has 0 fully saturated rings. The minimum atomic E-state index is -0.104. The molecule has 0 radical (unpaired) electrons. The summed E-state index contributed by atoms with van der Waals surface area (Å²) in [5, 5.41) is 12.9. The monoisotopic (exact) mass is 341 g/mol. The molecule has 1 aromatic rings. The second kappa shape index (κ2) is 11.3. The Kier molecular flexibility index (Phi) is 9.38. The first-order valence-corrected chi connectivity index (χ1v) is 9.02. The molecule has 1 unspecified atom stereocenters. The predicted octanol–water partition coefficient (Wildman–Crippen LogP) is 5.22. The van der Waals surface area contributed by atoms with E-state index in [2.05, 4.69) is 31.0 Å². The van der Waals surface area contributed by atoms with Gasteiger partial charge in [0.1, 0.15) is 5.75 Å². The molecular weight excluding hydrogens is 310 g/mol. The maximum atomic E-state index is 12.3. The molecule has 25 heavy (non-hydrogen) atoms. The van der Waals surface area contributed by atoms with Gasteiger partial charge in [0, 0.05) is 12.1 Å². The van der Waals surface area contributed by atoms with Crippen molar-refractivity contribution in [3.05, 3.63) is 59.7 Å². The normalized spacial score (nSPS) is 12.6. The number of rotatable bonds is 10. The number of benzene rings is 1. The van der Waals surface area contributed by atoms with Gasteiger partial charge in [-0.3, -0.25) is 4.79 Å². The quantitative estimate of drug-likeness (QED) is 0.348. The van der Waals surface area contributed by atoms with Crippen molar-refractivity contribution < 1.29 is 9.90 Å². The highest BCUT2D eigenvalue weighted by atomic mass is 16.3. The van der Waals surface area contributed by atoms with Crippen molar-refractivity contribution in [1.29, 1.82) is 0 Å². The molecule has 0 aliphatic heterocycles. The van der Waals surface area contributed by atoms with Crippen molar-refractivity contribution in [2.24, 2.45) is 0 Å². The molecule has 1 atom stereocenters. The largest absolute Gasteiger partial charge is 0.508 e. The van der Waals surface area contributed by atoms with Crippen LogP contribution in [0.2, 0.25) is 0 Å². The fourth-order valence-corrected chi connectivity index (χ4v) is 2.64. The molecule has 0 saturated carbocycles. The summed E-state index contributed by atoms with van der Waals surface area (Å²) in [6.45, 7) is 9.68. The smallest absolute Gasteiger partial charge is 0.244 e. The van der Waals surface area contributed by atoms with Crippen molar-refractivity contribution in [2.75, 3.05) is 0 Å². The van der Waals surface area contributed by atoms with E-state index in [1.54, 1.807) is 18.2 Å². The molecule has 0 bridgehead atoms. The van der Waals surface area contributed by atoms with Crippen molar-refractivity contribution in [2.45, 2.75) is 58.9 Å². The van der Waals surface area contributed by atoms with Crippen molar-refractivity contribution in [1.82, 2.24) is 5.32 Å². The van der Waals surface area contributed by atoms with Crippen LogP contribution in [0.15, 0.2) is 43.0 Å². The number of amides is 1. The average molecular weight is 341 g/mol. The number of phenols is 1. The van der Waals surface area contributed by atoms with Gasteiger partial charge in [-0.25, -0.2) is 0 Å². The van der Waals surface area contributed by atoms with E-state index < -0.39 is 0 Å². The highest BCUT2D eigenvalue weighted by molar-refractivity contribution is 5.92. The zero-order valence-electron chi connectivity index (χ0n) is 15.7. The van der Waals surface area contributed by atoms with Crippen LogP contribution in [0.1, 0.15) is 55.7 Å². The molecule has 0 aliphatic rings. The number of hydrogen-bond acceptors (Lipinski definition) is 2. The van der Waals surface area contributed by atoms with Crippen LogP contribution in [-0.2, 0) is 4.79 Å². The summed E-state index contributed by atoms with van der Waals surface area (Å²) in [5.41, 5.74) is 2.73. The maximum Gasteiger partial charge on any atom is 0.244 e. The Bertz CT molecular complexity index is 629. The lowest BCUT2D eigenvalue weighted by Gasteiger charge is -2.16. The van der Waals surface area contributed by atoms with Gasteiger partial charge in [0.25, 0.3) is 0 Å². The third-order valence-electron chi connectivity index (χ3n) is 4.13. The molecule has 0 saturated heterocycles. The number of unbranched alkanes of at least 4 members (excludes halogenated alkanes) is 1. The van der Waals surface area contributed by atoms with Crippen LogP contribution in [0.3, 0.4) is 0 Å². The molecule has 3 nitrogen and oxygen atoms in total. The highest BCUT2D eigenvalue weighted by Gasteiger charge is 2.09. The van der Waals surface area contributed by atoms with Crippen LogP contribution in [0.4, 0.5) is 0 Å². The molecule has 3 heteroatoms. The van der Waals surface area contributed by atoms with Crippen LogP contribution in [0.25, 0.3) is 6.08 Å². The summed E-state index contributed by atoms with van der Waals surface area (Å²) in [5.74, 6) is 0.144. The molecule has 0 spiro atoms. The van der Waals surface area contributed by atoms with E-state index in [0.717, 1.165) is 48.8 Å². The summed E-state index contributed by atoms with van der Waals surface area (Å²) < 4.78 is 0. The van der Waals surface area contributed by atoms with Crippen LogP contribution in [0, 0.1) is 13.8 Å². The number of hydrogen-bond donors (Lipinski definition) is 2. The van der Waals surface area contributed by atoms with Gasteiger partial charge in [-0.1, -0.05) is 31.2 Å². The lowest BCUT2D eigenvalue weighted by atomic mass is 10.0. The molecule has 0 aliphatic carbocycles. The van der Waals surface area contributed by atoms with Crippen LogP contribution in [0.5, 0.6) is 5.75 Å². The summed E-state index contributed by atoms with van der Waals surface area (Å²) in [6.07, 6.45) is 14.2. The molecule has 1 rings (SSSR count). The maximum absolute atomic E-state index is 12.3. The first kappa shape index (κ1) is 20.8. The molecule has 1 aromatic carbocycles. The highest BCUT2D eigenvalue weighted by Crippen LogP contribution is 2.22. The fourth-order valence-electron chi connectivity index (χ4n) is 2.64. The zero-order chi connectivity index (χ0) is 18.7. The molecular formula is C22H31NO2. The number of allylic oxidation sites excluding steroid dienone is 2. The second-order valence-electron chi connectivity index (χ2n) is 6.37. The zero-order valence-corrected chi connectivity index (χ0v) is 15.7. The topological polar surface area (TPSA) is 49.3 Å². The summed E-state index contributed by atoms with van der Waals surface area (Å²) in [6, 6.07) is 3.74. The first-order chi connectivity index (χ1) is 12.0. The Morgan fingerprint density at radius 3 is 2.72 bits per heavy atom. The summed E-state index contributed by atoms with van der Waals surface area (Å²) in [4.78, 5) is 12.3. The number of carbonyl (C=O) groups excluding carboxylic acids is 1. The number of nitrogens with one attached hydrogen (secondary N) is 1. The number of phenolic OH excluding ortho intramolecular Hbond substituents is 1. The van der Waals surface area contributed by atoms with Gasteiger partial charge >= 0.3 is 0 Å². The third kappa shape index (κ3) is 7.88. The Morgan fingerprint density at radius 2 is 2.04 bits per heavy atom. The SMILES string of the molecule is C=CCCCC(C/C=C\CC)NC(=O)/C=C/c1cc(O)c(C)cc1C. The van der Waals surface area contributed by atoms with E-state index in [0.29, 0.717) is 0 Å². The fraction of sp³-hybridized carbons (Fsp3) is 0.409.